The van der Waals surface area contributed by atoms with Gasteiger partial charge in [0.05, 0.1) is 22.4 Å². The van der Waals surface area contributed by atoms with Gasteiger partial charge in [0.25, 0.3) is 0 Å². The zero-order valence-corrected chi connectivity index (χ0v) is 9.60. The molecule has 12 heavy (non-hydrogen) atoms. The van der Waals surface area contributed by atoms with E-state index in [1.165, 1.54) is 9.21 Å². The Kier molecular flexibility index (Phi) is 9.53. The Hall–Kier alpha value is 0.250. The van der Waals surface area contributed by atoms with Crippen LogP contribution in [0.2, 0.25) is 0 Å². The van der Waals surface area contributed by atoms with Crippen molar-refractivity contribution < 1.29 is 13.7 Å². The van der Waals surface area contributed by atoms with Crippen LogP contribution in [0.25, 0.3) is 0 Å². The van der Waals surface area contributed by atoms with Crippen molar-refractivity contribution in [3.63, 3.8) is 0 Å². The van der Waals surface area contributed by atoms with Crippen LogP contribution in [0.5, 0.6) is 0 Å². The first-order valence-corrected chi connectivity index (χ1v) is 6.79. The van der Waals surface area contributed by atoms with E-state index in [9.17, 15) is 4.79 Å². The fourth-order valence-corrected chi connectivity index (χ4v) is 1.25. The smallest absolute Gasteiger partial charge is 0.330 e. The van der Waals surface area contributed by atoms with Gasteiger partial charge in [-0.15, -0.1) is 0 Å². The Morgan fingerprint density at radius 1 is 1.50 bits per heavy atom. The molecule has 0 unspecified atom stereocenters. The quantitative estimate of drug-likeness (QED) is 0.238. The molecule has 0 aromatic carbocycles. The molecule has 0 bridgehead atoms. The van der Waals surface area contributed by atoms with Crippen molar-refractivity contribution in [3.05, 3.63) is 12.7 Å². The van der Waals surface area contributed by atoms with E-state index in [-0.39, 0.29) is 5.97 Å². The molecule has 0 N–H and O–H groups in total. The lowest BCUT2D eigenvalue weighted by Gasteiger charge is -2.00. The van der Waals surface area contributed by atoms with E-state index < -0.39 is 0 Å². The average molecular weight is 302 g/mol. The molecule has 0 radical (unpaired) electrons. The van der Waals surface area contributed by atoms with E-state index in [0.29, 0.717) is 13.2 Å². The van der Waals surface area contributed by atoms with E-state index in [4.69, 9.17) is 8.92 Å². The molecule has 0 aromatic rings. The molecular weight excluding hydrogens is 291 g/mol. The van der Waals surface area contributed by atoms with Crippen LogP contribution >= 0.6 is 30.4 Å². The molecule has 0 aliphatic rings. The van der Waals surface area contributed by atoms with E-state index in [1.807, 2.05) is 0 Å². The highest BCUT2D eigenvalue weighted by atomic mass is 127. The van der Waals surface area contributed by atoms with Crippen LogP contribution in [-0.2, 0) is 13.7 Å². The largest absolute Gasteiger partial charge is 0.463 e. The number of unbranched alkanes of at least 4 members (excludes halogenated alkanes) is 1. The van der Waals surface area contributed by atoms with Crippen LogP contribution < -0.4 is 0 Å². The van der Waals surface area contributed by atoms with Gasteiger partial charge in [0.2, 0.25) is 0 Å². The van der Waals surface area contributed by atoms with Crippen molar-refractivity contribution in [1.29, 1.82) is 0 Å². The third-order valence-corrected chi connectivity index (χ3v) is 2.10. The van der Waals surface area contributed by atoms with Gasteiger partial charge in [-0.25, -0.2) is 4.79 Å². The van der Waals surface area contributed by atoms with E-state index in [1.54, 1.807) is 0 Å². The fraction of sp³-hybridized carbons (Fsp3) is 0.571. The van der Waals surface area contributed by atoms with E-state index >= 15 is 0 Å². The van der Waals surface area contributed by atoms with Crippen molar-refractivity contribution >= 4 is 36.4 Å². The zero-order chi connectivity index (χ0) is 9.23. The van der Waals surface area contributed by atoms with Crippen LogP contribution in [-0.4, -0.2) is 19.2 Å². The molecule has 0 heterocycles. The molecule has 0 fully saturated rings. The summed E-state index contributed by atoms with van der Waals surface area (Å²) in [6, 6.07) is 0. The van der Waals surface area contributed by atoms with Gasteiger partial charge in [0, 0.05) is 27.3 Å². The van der Waals surface area contributed by atoms with Gasteiger partial charge in [-0.2, -0.15) is 0 Å². The van der Waals surface area contributed by atoms with Crippen LogP contribution in [0.4, 0.5) is 0 Å². The van der Waals surface area contributed by atoms with E-state index in [0.717, 1.165) is 18.9 Å². The summed E-state index contributed by atoms with van der Waals surface area (Å²) in [6.45, 7) is 4.42. The summed E-state index contributed by atoms with van der Waals surface area (Å²) >= 11 is 2.06. The van der Waals surface area contributed by atoms with Crippen molar-refractivity contribution in [2.75, 3.05) is 13.2 Å². The number of esters is 1. The van der Waals surface area contributed by atoms with Crippen LogP contribution in [0.1, 0.15) is 12.8 Å². The van der Waals surface area contributed by atoms with Gasteiger partial charge in [-0.3, -0.25) is 0 Å². The first kappa shape index (κ1) is 12.2. The first-order valence-electron chi connectivity index (χ1n) is 3.50. The maximum atomic E-state index is 10.5. The van der Waals surface area contributed by atoms with Gasteiger partial charge in [-0.1, -0.05) is 6.58 Å². The van der Waals surface area contributed by atoms with Gasteiger partial charge in [0.15, 0.2) is 0 Å². The molecular formula is C7H11IO3S. The molecule has 0 atom stereocenters. The Bertz CT molecular complexity index is 141. The minimum absolute atomic E-state index is 0.362. The lowest BCUT2D eigenvalue weighted by atomic mass is 10.3. The summed E-state index contributed by atoms with van der Waals surface area (Å²) in [5.41, 5.74) is 0. The number of ether oxygens (including phenoxy) is 1. The summed E-state index contributed by atoms with van der Waals surface area (Å²) in [4.78, 5) is 10.5. The molecule has 0 aromatic heterocycles. The normalized spacial score (nSPS) is 9.42. The standard InChI is InChI=1S/C7H11IO3S/c1-2-7(9)10-5-3-4-6-11-12-8/h2H,1,3-6H2. The SMILES string of the molecule is C=CC(=O)OCCCCOSI. The highest BCUT2D eigenvalue weighted by Gasteiger charge is 1.94. The summed E-state index contributed by atoms with van der Waals surface area (Å²) in [7, 11) is 1.32. The summed E-state index contributed by atoms with van der Waals surface area (Å²) < 4.78 is 9.76. The molecule has 3 nitrogen and oxygen atoms in total. The van der Waals surface area contributed by atoms with Crippen molar-refractivity contribution in [3.8, 4) is 0 Å². The second-order valence-corrected chi connectivity index (χ2v) is 3.40. The monoisotopic (exact) mass is 302 g/mol. The summed E-state index contributed by atoms with van der Waals surface area (Å²) in [6.07, 6.45) is 2.90. The highest BCUT2D eigenvalue weighted by molar-refractivity contribution is 14.2. The van der Waals surface area contributed by atoms with Crippen LogP contribution in [0.15, 0.2) is 12.7 Å². The van der Waals surface area contributed by atoms with E-state index in [2.05, 4.69) is 27.8 Å². The third kappa shape index (κ3) is 8.35. The molecule has 70 valence electrons. The number of carbonyl (C=O) groups is 1. The summed E-state index contributed by atoms with van der Waals surface area (Å²) in [5, 5.41) is 0. The first-order chi connectivity index (χ1) is 5.81. The number of halogens is 1. The predicted molar refractivity (Wildman–Crippen MR) is 58.0 cm³/mol. The Morgan fingerprint density at radius 2 is 2.17 bits per heavy atom. The minimum atomic E-state index is -0.362. The third-order valence-electron chi connectivity index (χ3n) is 1.08. The molecule has 0 aliphatic carbocycles. The minimum Gasteiger partial charge on any atom is -0.463 e. The molecule has 0 amide bonds. The Morgan fingerprint density at radius 3 is 2.75 bits per heavy atom. The van der Waals surface area contributed by atoms with Gasteiger partial charge in [-0.05, 0) is 12.8 Å². The molecule has 5 heteroatoms. The average Bonchev–Trinajstić information content (AvgIpc) is 2.10. The fourth-order valence-electron chi connectivity index (χ4n) is 0.526. The maximum Gasteiger partial charge on any atom is 0.330 e. The zero-order valence-electron chi connectivity index (χ0n) is 6.62. The number of carbonyl (C=O) groups excluding carboxylic acids is 1. The van der Waals surface area contributed by atoms with Crippen LogP contribution in [0.3, 0.4) is 0 Å². The van der Waals surface area contributed by atoms with Crippen LogP contribution in [0, 0.1) is 0 Å². The van der Waals surface area contributed by atoms with Crippen molar-refractivity contribution in [1.82, 2.24) is 0 Å². The Balaban J connectivity index is 3.00. The summed E-state index contributed by atoms with van der Waals surface area (Å²) in [5.74, 6) is -0.362. The molecule has 0 saturated carbocycles. The van der Waals surface area contributed by atoms with Gasteiger partial charge >= 0.3 is 5.97 Å². The second-order valence-electron chi connectivity index (χ2n) is 1.96. The Labute approximate surface area is 88.7 Å². The maximum absolute atomic E-state index is 10.5. The lowest BCUT2D eigenvalue weighted by molar-refractivity contribution is -0.137. The van der Waals surface area contributed by atoms with Gasteiger partial charge < -0.3 is 8.92 Å². The van der Waals surface area contributed by atoms with Crippen molar-refractivity contribution in [2.24, 2.45) is 0 Å². The molecule has 0 saturated heterocycles. The predicted octanol–water partition coefficient (Wildman–Crippen LogP) is 2.51. The molecule has 0 rings (SSSR count). The topological polar surface area (TPSA) is 35.5 Å². The van der Waals surface area contributed by atoms with Crippen molar-refractivity contribution in [2.45, 2.75) is 12.8 Å². The number of hydrogen-bond acceptors (Lipinski definition) is 4. The second kappa shape index (κ2) is 9.34. The molecule has 0 aliphatic heterocycles. The van der Waals surface area contributed by atoms with Gasteiger partial charge in [0.1, 0.15) is 0 Å². The number of rotatable bonds is 7. The molecule has 0 spiro atoms. The lowest BCUT2D eigenvalue weighted by Crippen LogP contribution is -2.02. The number of hydrogen-bond donors (Lipinski definition) is 0. The highest BCUT2D eigenvalue weighted by Crippen LogP contribution is 2.12.